The second kappa shape index (κ2) is 12.5. The first-order valence-corrected chi connectivity index (χ1v) is 8.12. The van der Waals surface area contributed by atoms with Gasteiger partial charge in [0.15, 0.2) is 6.29 Å². The molecule has 1 rings (SSSR count). The molecule has 0 amide bonds. The average Bonchev–Trinajstić information content (AvgIpc) is 2.46. The summed E-state index contributed by atoms with van der Waals surface area (Å²) >= 11 is 0. The van der Waals surface area contributed by atoms with E-state index < -0.39 is 0 Å². The lowest BCUT2D eigenvalue weighted by molar-refractivity contribution is -0.162. The highest BCUT2D eigenvalue weighted by atomic mass is 16.7. The lowest BCUT2D eigenvalue weighted by atomic mass is 10.1. The maximum atomic E-state index is 5.68. The van der Waals surface area contributed by atoms with Gasteiger partial charge in [-0.15, -0.1) is 11.8 Å². The van der Waals surface area contributed by atoms with Crippen molar-refractivity contribution in [2.75, 3.05) is 13.2 Å². The third kappa shape index (κ3) is 9.99. The van der Waals surface area contributed by atoms with Crippen LogP contribution in [0.5, 0.6) is 0 Å². The quantitative estimate of drug-likeness (QED) is 0.446. The van der Waals surface area contributed by atoms with Crippen LogP contribution < -0.4 is 0 Å². The summed E-state index contributed by atoms with van der Waals surface area (Å²) in [4.78, 5) is 0. The summed E-state index contributed by atoms with van der Waals surface area (Å²) in [5.74, 6) is 6.53. The molecule has 1 heterocycles. The first-order chi connectivity index (χ1) is 9.43. The van der Waals surface area contributed by atoms with Crippen molar-refractivity contribution in [1.82, 2.24) is 0 Å². The SMILES string of the molecule is CCCCCCC#CCCCCOC1CCCCO1. The molecule has 0 aromatic heterocycles. The van der Waals surface area contributed by atoms with E-state index in [9.17, 15) is 0 Å². The van der Waals surface area contributed by atoms with Gasteiger partial charge < -0.3 is 9.47 Å². The zero-order valence-electron chi connectivity index (χ0n) is 12.6. The molecule has 2 nitrogen and oxygen atoms in total. The molecule has 1 atom stereocenters. The van der Waals surface area contributed by atoms with Crippen molar-refractivity contribution in [2.45, 2.75) is 83.8 Å². The largest absolute Gasteiger partial charge is 0.353 e. The van der Waals surface area contributed by atoms with Gasteiger partial charge >= 0.3 is 0 Å². The van der Waals surface area contributed by atoms with Crippen LogP contribution in [0.25, 0.3) is 0 Å². The Morgan fingerprint density at radius 1 is 1.00 bits per heavy atom. The van der Waals surface area contributed by atoms with Crippen LogP contribution in [0, 0.1) is 11.8 Å². The smallest absolute Gasteiger partial charge is 0.157 e. The van der Waals surface area contributed by atoms with Crippen LogP contribution in [-0.2, 0) is 9.47 Å². The Hall–Kier alpha value is -0.520. The van der Waals surface area contributed by atoms with Crippen molar-refractivity contribution in [1.29, 1.82) is 0 Å². The zero-order valence-corrected chi connectivity index (χ0v) is 12.6. The molecule has 0 bridgehead atoms. The Kier molecular flexibility index (Phi) is 10.9. The Balaban J connectivity index is 1.81. The predicted molar refractivity (Wildman–Crippen MR) is 79.9 cm³/mol. The van der Waals surface area contributed by atoms with Gasteiger partial charge in [0.25, 0.3) is 0 Å². The molecule has 0 saturated carbocycles. The van der Waals surface area contributed by atoms with E-state index in [2.05, 4.69) is 18.8 Å². The second-order valence-corrected chi connectivity index (χ2v) is 5.29. The van der Waals surface area contributed by atoms with Crippen LogP contribution >= 0.6 is 0 Å². The summed E-state index contributed by atoms with van der Waals surface area (Å²) < 4.78 is 11.2. The van der Waals surface area contributed by atoms with Gasteiger partial charge in [0.1, 0.15) is 0 Å². The summed E-state index contributed by atoms with van der Waals surface area (Å²) in [6, 6.07) is 0. The van der Waals surface area contributed by atoms with Crippen LogP contribution in [-0.4, -0.2) is 19.5 Å². The van der Waals surface area contributed by atoms with Crippen LogP contribution in [0.15, 0.2) is 0 Å². The standard InChI is InChI=1S/C17H30O2/c1-2-3-4-5-6-7-8-9-10-12-15-18-17-14-11-13-16-19-17/h17H,2-6,9-16H2,1H3. The second-order valence-electron chi connectivity index (χ2n) is 5.29. The molecule has 0 aromatic rings. The number of unbranched alkanes of at least 4 members (excludes halogenated alkanes) is 6. The maximum absolute atomic E-state index is 5.68. The predicted octanol–water partition coefficient (Wildman–Crippen LogP) is 4.67. The number of hydrogen-bond acceptors (Lipinski definition) is 2. The molecular weight excluding hydrogens is 236 g/mol. The summed E-state index contributed by atoms with van der Waals surface area (Å²) in [6.45, 7) is 3.93. The zero-order chi connectivity index (χ0) is 13.6. The minimum Gasteiger partial charge on any atom is -0.353 e. The summed E-state index contributed by atoms with van der Waals surface area (Å²) in [5.41, 5.74) is 0. The van der Waals surface area contributed by atoms with Gasteiger partial charge in [-0.25, -0.2) is 0 Å². The number of rotatable bonds is 9. The molecule has 0 spiro atoms. The molecule has 1 fully saturated rings. The van der Waals surface area contributed by atoms with Gasteiger partial charge in [0, 0.05) is 26.1 Å². The van der Waals surface area contributed by atoms with Gasteiger partial charge in [-0.3, -0.25) is 0 Å². The van der Waals surface area contributed by atoms with Crippen molar-refractivity contribution in [2.24, 2.45) is 0 Å². The molecule has 0 aliphatic carbocycles. The van der Waals surface area contributed by atoms with Gasteiger partial charge in [0.2, 0.25) is 0 Å². The van der Waals surface area contributed by atoms with Crippen molar-refractivity contribution >= 4 is 0 Å². The first kappa shape index (κ1) is 16.5. The Bertz CT molecular complexity index is 246. The molecule has 1 aliphatic heterocycles. The molecule has 0 radical (unpaired) electrons. The lowest BCUT2D eigenvalue weighted by Gasteiger charge is -2.22. The van der Waals surface area contributed by atoms with Gasteiger partial charge in [0.05, 0.1) is 0 Å². The molecule has 1 aliphatic rings. The van der Waals surface area contributed by atoms with E-state index >= 15 is 0 Å². The summed E-state index contributed by atoms with van der Waals surface area (Å²) in [5, 5.41) is 0. The van der Waals surface area contributed by atoms with Gasteiger partial charge in [-0.05, 0) is 38.5 Å². The van der Waals surface area contributed by atoms with E-state index in [1.165, 1.54) is 38.5 Å². The maximum Gasteiger partial charge on any atom is 0.157 e. The van der Waals surface area contributed by atoms with Crippen molar-refractivity contribution < 1.29 is 9.47 Å². The van der Waals surface area contributed by atoms with E-state index in [1.54, 1.807) is 0 Å². The van der Waals surface area contributed by atoms with Crippen LogP contribution in [0.2, 0.25) is 0 Å². The first-order valence-electron chi connectivity index (χ1n) is 8.12. The fourth-order valence-corrected chi connectivity index (χ4v) is 2.19. The monoisotopic (exact) mass is 266 g/mol. The average molecular weight is 266 g/mol. The van der Waals surface area contributed by atoms with E-state index in [4.69, 9.17) is 9.47 Å². The highest BCUT2D eigenvalue weighted by Gasteiger charge is 2.12. The van der Waals surface area contributed by atoms with Crippen molar-refractivity contribution in [3.05, 3.63) is 0 Å². The minimum absolute atomic E-state index is 0.0680. The summed E-state index contributed by atoms with van der Waals surface area (Å²) in [7, 11) is 0. The van der Waals surface area contributed by atoms with Crippen LogP contribution in [0.1, 0.15) is 77.6 Å². The van der Waals surface area contributed by atoms with E-state index in [1.807, 2.05) is 0 Å². The third-order valence-corrected chi connectivity index (χ3v) is 3.42. The minimum atomic E-state index is 0.0680. The van der Waals surface area contributed by atoms with Crippen LogP contribution in [0.4, 0.5) is 0 Å². The fraction of sp³-hybridized carbons (Fsp3) is 0.882. The number of ether oxygens (including phenoxy) is 2. The molecule has 1 saturated heterocycles. The highest BCUT2D eigenvalue weighted by molar-refractivity contribution is 4.98. The molecule has 110 valence electrons. The van der Waals surface area contributed by atoms with E-state index in [-0.39, 0.29) is 6.29 Å². The molecule has 19 heavy (non-hydrogen) atoms. The fourth-order valence-electron chi connectivity index (χ4n) is 2.19. The van der Waals surface area contributed by atoms with Crippen molar-refractivity contribution in [3.63, 3.8) is 0 Å². The molecule has 0 aromatic carbocycles. The molecule has 2 heteroatoms. The Morgan fingerprint density at radius 3 is 2.47 bits per heavy atom. The topological polar surface area (TPSA) is 18.5 Å². The third-order valence-electron chi connectivity index (χ3n) is 3.42. The molecule has 1 unspecified atom stereocenters. The van der Waals surface area contributed by atoms with Gasteiger partial charge in [-0.2, -0.15) is 0 Å². The lowest BCUT2D eigenvalue weighted by Crippen LogP contribution is -2.22. The Labute approximate surface area is 119 Å². The molecule has 0 N–H and O–H groups in total. The number of hydrogen-bond donors (Lipinski definition) is 0. The van der Waals surface area contributed by atoms with Crippen LogP contribution in [0.3, 0.4) is 0 Å². The molecular formula is C17H30O2. The Morgan fingerprint density at radius 2 is 1.79 bits per heavy atom. The van der Waals surface area contributed by atoms with Gasteiger partial charge in [-0.1, -0.05) is 26.2 Å². The van der Waals surface area contributed by atoms with Crippen molar-refractivity contribution in [3.8, 4) is 11.8 Å². The van der Waals surface area contributed by atoms with E-state index in [0.29, 0.717) is 0 Å². The highest BCUT2D eigenvalue weighted by Crippen LogP contribution is 2.14. The normalized spacial score (nSPS) is 18.9. The summed E-state index contributed by atoms with van der Waals surface area (Å²) in [6.07, 6.45) is 13.2. The van der Waals surface area contributed by atoms with E-state index in [0.717, 1.165) is 45.3 Å².